The smallest absolute Gasteiger partial charge is 0.748 e. The summed E-state index contributed by atoms with van der Waals surface area (Å²) in [5.74, 6) is -1.33. The maximum absolute atomic E-state index is 10.8. The first kappa shape index (κ1) is 28.8. The molecule has 1 rings (SSSR count). The molecule has 0 bridgehead atoms. The van der Waals surface area contributed by atoms with Crippen molar-refractivity contribution in [3.63, 3.8) is 0 Å². The monoisotopic (exact) mass is 424 g/mol. The molecule has 0 saturated heterocycles. The molecule has 26 heavy (non-hydrogen) atoms. The van der Waals surface area contributed by atoms with E-state index in [1.807, 2.05) is 26.0 Å². The Balaban J connectivity index is 0. The van der Waals surface area contributed by atoms with Crippen molar-refractivity contribution in [2.45, 2.75) is 13.8 Å². The van der Waals surface area contributed by atoms with Crippen LogP contribution in [0.15, 0.2) is 24.3 Å². The summed E-state index contributed by atoms with van der Waals surface area (Å²) in [6.45, 7) is 5.33. The Hall–Kier alpha value is 0.640. The predicted molar refractivity (Wildman–Crippen MR) is 91.3 cm³/mol. The number of anilines is 2. The summed E-state index contributed by atoms with van der Waals surface area (Å²) in [4.78, 5) is 3.52. The molecular weight excluding hydrogens is 402 g/mol. The number of hydrogen-bond donors (Lipinski definition) is 0. The van der Waals surface area contributed by atoms with E-state index in [2.05, 4.69) is 4.90 Å². The van der Waals surface area contributed by atoms with Crippen LogP contribution >= 0.6 is 0 Å². The Morgan fingerprint density at radius 2 is 1.04 bits per heavy atom. The molecule has 0 unspecified atom stereocenters. The Morgan fingerprint density at radius 1 is 0.731 bits per heavy atom. The molecule has 0 aliphatic carbocycles. The zero-order valence-corrected chi connectivity index (χ0v) is 21.3. The first-order valence-corrected chi connectivity index (χ1v) is 10.7. The van der Waals surface area contributed by atoms with Crippen LogP contribution in [0.2, 0.25) is 0 Å². The van der Waals surface area contributed by atoms with Crippen LogP contribution in [0.4, 0.5) is 11.4 Å². The van der Waals surface area contributed by atoms with Gasteiger partial charge in [0.25, 0.3) is 0 Å². The molecule has 0 radical (unpaired) electrons. The maximum Gasteiger partial charge on any atom is 1.00 e. The van der Waals surface area contributed by atoms with Crippen molar-refractivity contribution in [3.8, 4) is 0 Å². The number of hydrogen-bond acceptors (Lipinski definition) is 8. The van der Waals surface area contributed by atoms with Crippen molar-refractivity contribution < 1.29 is 85.1 Å². The molecule has 0 fully saturated rings. The van der Waals surface area contributed by atoms with Gasteiger partial charge >= 0.3 is 59.1 Å². The van der Waals surface area contributed by atoms with E-state index < -0.39 is 31.7 Å². The second-order valence-corrected chi connectivity index (χ2v) is 8.25. The first-order chi connectivity index (χ1) is 11.1. The van der Waals surface area contributed by atoms with Gasteiger partial charge in [-0.25, -0.2) is 16.8 Å². The van der Waals surface area contributed by atoms with Crippen LogP contribution in [0.1, 0.15) is 13.8 Å². The Labute approximate surface area is 200 Å². The molecule has 0 N–H and O–H groups in total. The average Bonchev–Trinajstić information content (AvgIpc) is 2.47. The summed E-state index contributed by atoms with van der Waals surface area (Å²) >= 11 is 0. The third-order valence-electron chi connectivity index (χ3n) is 3.57. The van der Waals surface area contributed by atoms with E-state index >= 15 is 0 Å². The van der Waals surface area contributed by atoms with E-state index in [9.17, 15) is 25.9 Å². The van der Waals surface area contributed by atoms with Gasteiger partial charge in [-0.1, -0.05) is 0 Å². The molecule has 1 aromatic carbocycles. The van der Waals surface area contributed by atoms with Gasteiger partial charge in [0.15, 0.2) is 0 Å². The second kappa shape index (κ2) is 13.0. The zero-order valence-electron chi connectivity index (χ0n) is 15.7. The summed E-state index contributed by atoms with van der Waals surface area (Å²) in [5, 5.41) is 0. The van der Waals surface area contributed by atoms with Crippen LogP contribution < -0.4 is 68.9 Å². The summed E-state index contributed by atoms with van der Waals surface area (Å²) < 4.78 is 64.9. The van der Waals surface area contributed by atoms with Crippen molar-refractivity contribution in [3.05, 3.63) is 24.3 Å². The fourth-order valence-corrected chi connectivity index (χ4v) is 3.17. The molecule has 0 aliphatic heterocycles. The van der Waals surface area contributed by atoms with E-state index in [1.165, 1.54) is 4.90 Å². The third-order valence-corrected chi connectivity index (χ3v) is 4.93. The van der Waals surface area contributed by atoms with Gasteiger partial charge in [-0.15, -0.1) is 0 Å². The Morgan fingerprint density at radius 3 is 1.31 bits per heavy atom. The molecule has 12 heteroatoms. The van der Waals surface area contributed by atoms with Crippen LogP contribution in [-0.2, 0) is 20.2 Å². The van der Waals surface area contributed by atoms with Crippen LogP contribution in [0.3, 0.4) is 0 Å². The number of nitrogens with zero attached hydrogens (tertiary/aromatic N) is 2. The average molecular weight is 424 g/mol. The van der Waals surface area contributed by atoms with Crippen molar-refractivity contribution in [2.75, 3.05) is 47.5 Å². The molecule has 0 heterocycles. The molecule has 0 saturated carbocycles. The fourth-order valence-electron chi connectivity index (χ4n) is 2.28. The van der Waals surface area contributed by atoms with E-state index in [-0.39, 0.29) is 72.2 Å². The Kier molecular flexibility index (Phi) is 14.4. The summed E-state index contributed by atoms with van der Waals surface area (Å²) in [5.41, 5.74) is 1.52. The van der Waals surface area contributed by atoms with Crippen LogP contribution in [0, 0.1) is 0 Å². The minimum absolute atomic E-state index is 0. The third kappa shape index (κ3) is 11.5. The molecule has 8 nitrogen and oxygen atoms in total. The maximum atomic E-state index is 10.8. The number of rotatable bonds is 10. The SMILES string of the molecule is CCN(CC)c1ccc(N(CCS(=O)(=O)[O-])CCS(=O)(=O)[O-])cc1.[Na+].[Na+]. The van der Waals surface area contributed by atoms with E-state index in [0.29, 0.717) is 5.69 Å². The summed E-state index contributed by atoms with van der Waals surface area (Å²) in [7, 11) is -8.88. The normalized spacial score (nSPS) is 11.2. The van der Waals surface area contributed by atoms with Crippen LogP contribution in [0.25, 0.3) is 0 Å². The molecule has 1 aromatic rings. The van der Waals surface area contributed by atoms with Gasteiger partial charge in [0.1, 0.15) is 0 Å². The van der Waals surface area contributed by atoms with Gasteiger partial charge in [-0.2, -0.15) is 0 Å². The second-order valence-electron chi connectivity index (χ2n) is 5.20. The van der Waals surface area contributed by atoms with E-state index in [0.717, 1.165) is 18.8 Å². The van der Waals surface area contributed by atoms with Gasteiger partial charge < -0.3 is 18.9 Å². The Bertz CT molecular complexity index is 686. The van der Waals surface area contributed by atoms with Crippen molar-refractivity contribution >= 4 is 31.6 Å². The van der Waals surface area contributed by atoms with Crippen molar-refractivity contribution in [1.82, 2.24) is 0 Å². The van der Waals surface area contributed by atoms with Crippen LogP contribution in [0.5, 0.6) is 0 Å². The fraction of sp³-hybridized carbons (Fsp3) is 0.571. The van der Waals surface area contributed by atoms with Gasteiger partial charge in [0.05, 0.1) is 31.7 Å². The molecule has 0 amide bonds. The van der Waals surface area contributed by atoms with Gasteiger partial charge in [0, 0.05) is 37.6 Å². The summed E-state index contributed by atoms with van der Waals surface area (Å²) in [6, 6.07) is 7.07. The van der Waals surface area contributed by atoms with Crippen molar-refractivity contribution in [1.29, 1.82) is 0 Å². The minimum atomic E-state index is -4.44. The molecular formula is C14H22N2Na2O6S2. The van der Waals surface area contributed by atoms with E-state index in [4.69, 9.17) is 0 Å². The van der Waals surface area contributed by atoms with Crippen molar-refractivity contribution in [2.24, 2.45) is 0 Å². The zero-order chi connectivity index (χ0) is 18.4. The molecule has 0 aromatic heterocycles. The quantitative estimate of drug-likeness (QED) is 0.269. The van der Waals surface area contributed by atoms with Gasteiger partial charge in [0.2, 0.25) is 0 Å². The molecule has 0 spiro atoms. The predicted octanol–water partition coefficient (Wildman–Crippen LogP) is -5.56. The van der Waals surface area contributed by atoms with Gasteiger partial charge in [-0.3, -0.25) is 0 Å². The van der Waals surface area contributed by atoms with Crippen LogP contribution in [-0.4, -0.2) is 63.6 Å². The van der Waals surface area contributed by atoms with Gasteiger partial charge in [-0.05, 0) is 38.1 Å². The number of benzene rings is 1. The molecule has 138 valence electrons. The summed E-state index contributed by atoms with van der Waals surface area (Å²) in [6.07, 6.45) is 0. The first-order valence-electron chi connectivity index (χ1n) is 7.53. The minimum Gasteiger partial charge on any atom is -0.748 e. The standard InChI is InChI=1S/C14H24N2O6S2.2Na/c1-3-15(4-2)13-5-7-14(8-6-13)16(9-11-23(17,18)19)10-12-24(20,21)22;;/h5-8H,3-4,9-12H2,1-2H3,(H,17,18,19)(H,20,21,22);;/q;2*+1/p-2. The van der Waals surface area contributed by atoms with E-state index in [1.54, 1.807) is 12.1 Å². The largest absolute Gasteiger partial charge is 1.00 e. The molecule has 0 aliphatic rings. The molecule has 0 atom stereocenters. The topological polar surface area (TPSA) is 121 Å².